The summed E-state index contributed by atoms with van der Waals surface area (Å²) in [7, 11) is 0. The van der Waals surface area contributed by atoms with Gasteiger partial charge in [-0.25, -0.2) is 0 Å². The van der Waals surface area contributed by atoms with Crippen LogP contribution in [0.3, 0.4) is 0 Å². The molecule has 152 valence electrons. The van der Waals surface area contributed by atoms with Gasteiger partial charge in [0, 0.05) is 11.1 Å². The van der Waals surface area contributed by atoms with Crippen molar-refractivity contribution >= 4 is 11.8 Å². The molecule has 0 heterocycles. The van der Waals surface area contributed by atoms with Crippen LogP contribution in [0.2, 0.25) is 0 Å². The predicted octanol–water partition coefficient (Wildman–Crippen LogP) is 5.01. The van der Waals surface area contributed by atoms with Crippen molar-refractivity contribution in [2.75, 3.05) is 0 Å². The van der Waals surface area contributed by atoms with Crippen LogP contribution in [0.25, 0.3) is 22.3 Å². The standard InChI is InChI=1S/C26H20N2O3/c27-25(29)21-9-1-5-17(13-21)19-7-3-11-23(15-19)31-24-12-4-8-20(16-24)18-6-2-10-22(14-18)26(28)30/h1-16H,(H2,27,29)(H2,28,30). The predicted molar refractivity (Wildman–Crippen MR) is 121 cm³/mol. The van der Waals surface area contributed by atoms with Crippen LogP contribution in [-0.2, 0) is 0 Å². The second-order valence-electron chi connectivity index (χ2n) is 7.05. The zero-order valence-corrected chi connectivity index (χ0v) is 16.6. The van der Waals surface area contributed by atoms with E-state index in [1.54, 1.807) is 36.4 Å². The highest BCUT2D eigenvalue weighted by Crippen LogP contribution is 2.30. The summed E-state index contributed by atoms with van der Waals surface area (Å²) in [4.78, 5) is 22.9. The lowest BCUT2D eigenvalue weighted by Gasteiger charge is -2.10. The third kappa shape index (κ3) is 4.62. The van der Waals surface area contributed by atoms with Crippen molar-refractivity contribution in [2.24, 2.45) is 11.5 Å². The Hall–Kier alpha value is -4.38. The van der Waals surface area contributed by atoms with Gasteiger partial charge in [-0.2, -0.15) is 0 Å². The van der Waals surface area contributed by atoms with Crippen molar-refractivity contribution < 1.29 is 14.3 Å². The largest absolute Gasteiger partial charge is 0.457 e. The normalized spacial score (nSPS) is 10.5. The molecular formula is C26H20N2O3. The molecule has 0 aliphatic rings. The fourth-order valence-corrected chi connectivity index (χ4v) is 3.32. The lowest BCUT2D eigenvalue weighted by atomic mass is 10.0. The quantitative estimate of drug-likeness (QED) is 0.469. The minimum absolute atomic E-state index is 0.453. The molecule has 0 aromatic heterocycles. The first-order chi connectivity index (χ1) is 15.0. The lowest BCUT2D eigenvalue weighted by molar-refractivity contribution is 0.0992. The number of nitrogens with two attached hydrogens (primary N) is 2. The fraction of sp³-hybridized carbons (Fsp3) is 0. The Morgan fingerprint density at radius 3 is 1.26 bits per heavy atom. The van der Waals surface area contributed by atoms with E-state index < -0.39 is 11.8 Å². The summed E-state index contributed by atoms with van der Waals surface area (Å²) < 4.78 is 6.07. The smallest absolute Gasteiger partial charge is 0.248 e. The Labute approximate surface area is 179 Å². The third-order valence-electron chi connectivity index (χ3n) is 4.86. The zero-order valence-electron chi connectivity index (χ0n) is 16.6. The maximum Gasteiger partial charge on any atom is 0.248 e. The summed E-state index contributed by atoms with van der Waals surface area (Å²) >= 11 is 0. The molecule has 5 heteroatoms. The second-order valence-corrected chi connectivity index (χ2v) is 7.05. The van der Waals surface area contributed by atoms with E-state index in [0.717, 1.165) is 22.3 Å². The first-order valence-electron chi connectivity index (χ1n) is 9.68. The maximum absolute atomic E-state index is 11.5. The molecule has 0 saturated heterocycles. The molecule has 2 amide bonds. The van der Waals surface area contributed by atoms with Gasteiger partial charge in [0.05, 0.1) is 0 Å². The highest BCUT2D eigenvalue weighted by Gasteiger charge is 2.07. The van der Waals surface area contributed by atoms with Crippen molar-refractivity contribution in [3.63, 3.8) is 0 Å². The van der Waals surface area contributed by atoms with Gasteiger partial charge in [0.25, 0.3) is 0 Å². The van der Waals surface area contributed by atoms with Gasteiger partial charge in [0.15, 0.2) is 0 Å². The summed E-state index contributed by atoms with van der Waals surface area (Å²) in [6.45, 7) is 0. The van der Waals surface area contributed by atoms with Gasteiger partial charge < -0.3 is 16.2 Å². The molecule has 31 heavy (non-hydrogen) atoms. The number of carbonyl (C=O) groups is 2. The molecule has 0 atom stereocenters. The molecule has 0 spiro atoms. The minimum Gasteiger partial charge on any atom is -0.457 e. The molecule has 4 rings (SSSR count). The van der Waals surface area contributed by atoms with Gasteiger partial charge in [0.2, 0.25) is 11.8 Å². The Balaban J connectivity index is 1.61. The van der Waals surface area contributed by atoms with Gasteiger partial charge in [0.1, 0.15) is 11.5 Å². The molecule has 0 aliphatic carbocycles. The average molecular weight is 408 g/mol. The molecule has 4 aromatic carbocycles. The minimum atomic E-state index is -0.466. The summed E-state index contributed by atoms with van der Waals surface area (Å²) in [5.74, 6) is 0.382. The van der Waals surface area contributed by atoms with Crippen molar-refractivity contribution in [2.45, 2.75) is 0 Å². The molecule has 0 aliphatic heterocycles. The molecule has 4 aromatic rings. The first kappa shape index (κ1) is 19.9. The topological polar surface area (TPSA) is 95.4 Å². The maximum atomic E-state index is 11.5. The van der Waals surface area contributed by atoms with E-state index in [1.807, 2.05) is 60.7 Å². The summed E-state index contributed by atoms with van der Waals surface area (Å²) in [6, 6.07) is 29.5. The fourth-order valence-electron chi connectivity index (χ4n) is 3.32. The Kier molecular flexibility index (Phi) is 5.49. The molecule has 0 saturated carbocycles. The van der Waals surface area contributed by atoms with E-state index in [0.29, 0.717) is 22.6 Å². The second kappa shape index (κ2) is 8.55. The van der Waals surface area contributed by atoms with Crippen molar-refractivity contribution in [3.05, 3.63) is 108 Å². The van der Waals surface area contributed by atoms with Gasteiger partial charge in [-0.05, 0) is 70.8 Å². The number of carbonyl (C=O) groups excluding carboxylic acids is 2. The number of hydrogen-bond donors (Lipinski definition) is 2. The zero-order chi connectivity index (χ0) is 21.8. The van der Waals surface area contributed by atoms with E-state index in [1.165, 1.54) is 0 Å². The highest BCUT2D eigenvalue weighted by atomic mass is 16.5. The highest BCUT2D eigenvalue weighted by molar-refractivity contribution is 5.94. The molecule has 0 radical (unpaired) electrons. The summed E-state index contributed by atoms with van der Waals surface area (Å²) in [5.41, 5.74) is 15.3. The monoisotopic (exact) mass is 408 g/mol. The van der Waals surface area contributed by atoms with Gasteiger partial charge >= 0.3 is 0 Å². The number of hydrogen-bond acceptors (Lipinski definition) is 3. The number of ether oxygens (including phenoxy) is 1. The first-order valence-corrected chi connectivity index (χ1v) is 9.68. The number of rotatable bonds is 6. The van der Waals surface area contributed by atoms with Crippen LogP contribution in [-0.4, -0.2) is 11.8 Å². The summed E-state index contributed by atoms with van der Waals surface area (Å²) in [6.07, 6.45) is 0. The molecule has 0 unspecified atom stereocenters. The van der Waals surface area contributed by atoms with Crippen molar-refractivity contribution in [1.29, 1.82) is 0 Å². The molecule has 0 bridgehead atoms. The van der Waals surface area contributed by atoms with Gasteiger partial charge in [-0.1, -0.05) is 48.5 Å². The lowest BCUT2D eigenvalue weighted by Crippen LogP contribution is -2.10. The van der Waals surface area contributed by atoms with Crippen molar-refractivity contribution in [1.82, 2.24) is 0 Å². The van der Waals surface area contributed by atoms with Crippen LogP contribution in [0.4, 0.5) is 0 Å². The van der Waals surface area contributed by atoms with E-state index >= 15 is 0 Å². The molecule has 0 fully saturated rings. The van der Waals surface area contributed by atoms with E-state index in [9.17, 15) is 9.59 Å². The van der Waals surface area contributed by atoms with E-state index in [2.05, 4.69) is 0 Å². The Morgan fingerprint density at radius 2 is 0.871 bits per heavy atom. The van der Waals surface area contributed by atoms with Crippen LogP contribution < -0.4 is 16.2 Å². The molecule has 4 N–H and O–H groups in total. The van der Waals surface area contributed by atoms with Crippen LogP contribution >= 0.6 is 0 Å². The number of primary amides is 2. The molecular weight excluding hydrogens is 388 g/mol. The van der Waals surface area contributed by atoms with Crippen LogP contribution in [0.15, 0.2) is 97.1 Å². The average Bonchev–Trinajstić information content (AvgIpc) is 2.79. The van der Waals surface area contributed by atoms with Crippen LogP contribution in [0.1, 0.15) is 20.7 Å². The Bertz CT molecular complexity index is 1180. The van der Waals surface area contributed by atoms with Crippen molar-refractivity contribution in [3.8, 4) is 33.8 Å². The molecule has 5 nitrogen and oxygen atoms in total. The Morgan fingerprint density at radius 1 is 0.516 bits per heavy atom. The van der Waals surface area contributed by atoms with Gasteiger partial charge in [-0.15, -0.1) is 0 Å². The number of amides is 2. The van der Waals surface area contributed by atoms with Crippen LogP contribution in [0, 0.1) is 0 Å². The SMILES string of the molecule is NC(=O)c1cccc(-c2cccc(Oc3cccc(-c4cccc(C(N)=O)c4)c3)c2)c1. The van der Waals surface area contributed by atoms with Crippen LogP contribution in [0.5, 0.6) is 11.5 Å². The number of benzene rings is 4. The van der Waals surface area contributed by atoms with E-state index in [-0.39, 0.29) is 0 Å². The summed E-state index contributed by atoms with van der Waals surface area (Å²) in [5, 5.41) is 0. The van der Waals surface area contributed by atoms with E-state index in [4.69, 9.17) is 16.2 Å². The third-order valence-corrected chi connectivity index (χ3v) is 4.86. The van der Waals surface area contributed by atoms with Gasteiger partial charge in [-0.3, -0.25) is 9.59 Å².